The second-order valence-corrected chi connectivity index (χ2v) is 9.71. The Kier molecular flexibility index (Phi) is 6.27. The Balaban J connectivity index is 1.85. The Labute approximate surface area is 176 Å². The molecule has 1 unspecified atom stereocenters. The number of sulfone groups is 1. The maximum Gasteiger partial charge on any atom is 0.425 e. The molecule has 0 spiro atoms. The molecular formula is C18H20F3N3O4S2. The molecule has 1 aliphatic heterocycles. The highest BCUT2D eigenvalue weighted by Gasteiger charge is 2.39. The average Bonchev–Trinajstić information content (AvgIpc) is 3.21. The molecule has 12 heteroatoms. The zero-order valence-corrected chi connectivity index (χ0v) is 17.9. The first-order chi connectivity index (χ1) is 14.0. The molecule has 0 N–H and O–H groups in total. The summed E-state index contributed by atoms with van der Waals surface area (Å²) < 4.78 is 67.6. The Morgan fingerprint density at radius 2 is 1.90 bits per heavy atom. The lowest BCUT2D eigenvalue weighted by atomic mass is 10.1. The summed E-state index contributed by atoms with van der Waals surface area (Å²) in [6, 6.07) is 3.30. The van der Waals surface area contributed by atoms with Crippen LogP contribution in [0, 0.1) is 0 Å². The minimum atomic E-state index is -4.63. The monoisotopic (exact) mass is 463 g/mol. The third-order valence-corrected chi connectivity index (χ3v) is 6.57. The second-order valence-electron chi connectivity index (χ2n) is 6.83. The first-order valence-electron chi connectivity index (χ1n) is 8.98. The fraction of sp³-hybridized carbons (Fsp3) is 0.444. The molecule has 0 aliphatic carbocycles. The Bertz CT molecular complexity index is 1000. The molecule has 1 aromatic heterocycles. The fourth-order valence-electron chi connectivity index (χ4n) is 2.91. The van der Waals surface area contributed by atoms with Gasteiger partial charge >= 0.3 is 6.18 Å². The molecule has 0 saturated carbocycles. The summed E-state index contributed by atoms with van der Waals surface area (Å²) >= 11 is 1.47. The number of ether oxygens (including phenoxy) is 1. The van der Waals surface area contributed by atoms with Crippen molar-refractivity contribution in [2.24, 2.45) is 0 Å². The van der Waals surface area contributed by atoms with Crippen molar-refractivity contribution < 1.29 is 31.1 Å². The van der Waals surface area contributed by atoms with Crippen LogP contribution in [0.2, 0.25) is 0 Å². The maximum atomic E-state index is 13.1. The van der Waals surface area contributed by atoms with Crippen molar-refractivity contribution in [3.63, 3.8) is 0 Å². The summed E-state index contributed by atoms with van der Waals surface area (Å²) in [6.45, 7) is 2.46. The minimum Gasteiger partial charge on any atom is -0.480 e. The summed E-state index contributed by atoms with van der Waals surface area (Å²) in [5, 5.41) is 2.67. The van der Waals surface area contributed by atoms with Gasteiger partial charge in [0.05, 0.1) is 10.5 Å². The first kappa shape index (κ1) is 22.3. The number of carbonyl (C=O) groups is 1. The predicted octanol–water partition coefficient (Wildman–Crippen LogP) is 2.84. The van der Waals surface area contributed by atoms with E-state index in [0.29, 0.717) is 26.2 Å². The predicted molar refractivity (Wildman–Crippen MR) is 106 cm³/mol. The number of hydrogen-bond donors (Lipinski definition) is 0. The van der Waals surface area contributed by atoms with Crippen molar-refractivity contribution in [3.8, 4) is 5.75 Å². The van der Waals surface area contributed by atoms with Crippen LogP contribution in [0.15, 0.2) is 34.7 Å². The molecule has 1 atom stereocenters. The van der Waals surface area contributed by atoms with Crippen LogP contribution in [0.25, 0.3) is 0 Å². The molecule has 164 valence electrons. The lowest BCUT2D eigenvalue weighted by Crippen LogP contribution is -2.49. The van der Waals surface area contributed by atoms with Crippen LogP contribution in [0.1, 0.15) is 17.3 Å². The molecule has 1 fully saturated rings. The summed E-state index contributed by atoms with van der Waals surface area (Å²) in [6.07, 6.45) is -4.15. The van der Waals surface area contributed by atoms with Gasteiger partial charge in [0, 0.05) is 44.0 Å². The summed E-state index contributed by atoms with van der Waals surface area (Å²) in [5.74, 6) is -0.886. The molecule has 2 heterocycles. The molecule has 1 aromatic carbocycles. The van der Waals surface area contributed by atoms with Gasteiger partial charge in [0.25, 0.3) is 5.91 Å². The van der Waals surface area contributed by atoms with Crippen LogP contribution < -0.4 is 9.64 Å². The highest BCUT2D eigenvalue weighted by molar-refractivity contribution is 7.90. The number of piperazine rings is 1. The van der Waals surface area contributed by atoms with Crippen LogP contribution in [-0.2, 0) is 9.84 Å². The number of aromatic nitrogens is 1. The topological polar surface area (TPSA) is 79.8 Å². The summed E-state index contributed by atoms with van der Waals surface area (Å²) in [7, 11) is -3.67. The molecule has 30 heavy (non-hydrogen) atoms. The normalized spacial score (nSPS) is 16.4. The van der Waals surface area contributed by atoms with Crippen molar-refractivity contribution in [3.05, 3.63) is 35.3 Å². The van der Waals surface area contributed by atoms with Gasteiger partial charge in [0.2, 0.25) is 0 Å². The number of hydrogen-bond acceptors (Lipinski definition) is 7. The van der Waals surface area contributed by atoms with E-state index in [4.69, 9.17) is 4.74 Å². The van der Waals surface area contributed by atoms with Crippen LogP contribution in [0.5, 0.6) is 5.75 Å². The van der Waals surface area contributed by atoms with Crippen molar-refractivity contribution >= 4 is 32.2 Å². The van der Waals surface area contributed by atoms with Gasteiger partial charge < -0.3 is 14.5 Å². The van der Waals surface area contributed by atoms with E-state index in [1.807, 2.05) is 10.3 Å². The smallest absolute Gasteiger partial charge is 0.425 e. The van der Waals surface area contributed by atoms with Crippen molar-refractivity contribution in [2.75, 3.05) is 37.3 Å². The number of thiazole rings is 1. The highest BCUT2D eigenvalue weighted by Crippen LogP contribution is 2.30. The van der Waals surface area contributed by atoms with E-state index in [-0.39, 0.29) is 16.2 Å². The molecule has 1 amide bonds. The van der Waals surface area contributed by atoms with E-state index in [2.05, 4.69) is 4.98 Å². The molecule has 1 aliphatic rings. The number of carbonyl (C=O) groups excluding carboxylic acids is 1. The molecule has 1 saturated heterocycles. The van der Waals surface area contributed by atoms with Crippen LogP contribution in [0.3, 0.4) is 0 Å². The highest BCUT2D eigenvalue weighted by atomic mass is 32.2. The zero-order valence-electron chi connectivity index (χ0n) is 16.2. The Hall–Kier alpha value is -2.34. The quantitative estimate of drug-likeness (QED) is 0.679. The van der Waals surface area contributed by atoms with E-state index in [1.54, 1.807) is 6.20 Å². The average molecular weight is 464 g/mol. The zero-order chi connectivity index (χ0) is 22.1. The summed E-state index contributed by atoms with van der Waals surface area (Å²) in [4.78, 5) is 20.6. The van der Waals surface area contributed by atoms with Crippen molar-refractivity contribution in [2.45, 2.75) is 24.1 Å². The lowest BCUT2D eigenvalue weighted by Gasteiger charge is -2.35. The van der Waals surface area contributed by atoms with Crippen LogP contribution in [0.4, 0.5) is 18.3 Å². The Morgan fingerprint density at radius 1 is 1.23 bits per heavy atom. The van der Waals surface area contributed by atoms with E-state index in [0.717, 1.165) is 36.5 Å². The molecule has 0 bridgehead atoms. The number of rotatable bonds is 5. The minimum absolute atomic E-state index is 0.167. The fourth-order valence-corrected chi connectivity index (χ4v) is 4.25. The number of amides is 1. The summed E-state index contributed by atoms with van der Waals surface area (Å²) in [5.41, 5.74) is -0.211. The Morgan fingerprint density at radius 3 is 2.43 bits per heavy atom. The first-order valence-corrected chi connectivity index (χ1v) is 11.7. The van der Waals surface area contributed by atoms with Crippen LogP contribution >= 0.6 is 11.3 Å². The van der Waals surface area contributed by atoms with E-state index in [9.17, 15) is 26.4 Å². The van der Waals surface area contributed by atoms with Crippen LogP contribution in [-0.4, -0.2) is 68.9 Å². The number of halogens is 3. The molecule has 0 radical (unpaired) electrons. The van der Waals surface area contributed by atoms with Gasteiger partial charge in [-0.2, -0.15) is 13.2 Å². The SMILES string of the molecule is CC(Oc1ccc(S(C)(=O)=O)cc1C(=O)N1CCN(c2nccs2)CC1)C(F)(F)F. The number of benzene rings is 1. The van der Waals surface area contributed by atoms with Gasteiger partial charge in [0.15, 0.2) is 21.1 Å². The van der Waals surface area contributed by atoms with Crippen molar-refractivity contribution in [1.82, 2.24) is 9.88 Å². The molecule has 7 nitrogen and oxygen atoms in total. The third kappa shape index (κ3) is 5.04. The van der Waals surface area contributed by atoms with Gasteiger partial charge in [0.1, 0.15) is 5.75 Å². The molecular weight excluding hydrogens is 443 g/mol. The largest absolute Gasteiger partial charge is 0.480 e. The van der Waals surface area contributed by atoms with E-state index >= 15 is 0 Å². The maximum absolute atomic E-state index is 13.1. The van der Waals surface area contributed by atoms with Gasteiger partial charge in [-0.1, -0.05) is 0 Å². The lowest BCUT2D eigenvalue weighted by molar-refractivity contribution is -0.189. The number of anilines is 1. The number of nitrogens with zero attached hydrogens (tertiary/aromatic N) is 3. The van der Waals surface area contributed by atoms with Crippen molar-refractivity contribution in [1.29, 1.82) is 0 Å². The number of alkyl halides is 3. The molecule has 2 aromatic rings. The molecule has 3 rings (SSSR count). The second kappa shape index (κ2) is 8.42. The van der Waals surface area contributed by atoms with Gasteiger partial charge in [-0.25, -0.2) is 13.4 Å². The van der Waals surface area contributed by atoms with Gasteiger partial charge in [-0.3, -0.25) is 4.79 Å². The van der Waals surface area contributed by atoms with Gasteiger partial charge in [-0.05, 0) is 25.1 Å². The standard InChI is InChI=1S/C18H20F3N3O4S2/c1-12(18(19,20)21)28-15-4-3-13(30(2,26)27)11-14(15)16(25)23-6-8-24(9-7-23)17-22-5-10-29-17/h3-5,10-12H,6-9H2,1-2H3. The third-order valence-electron chi connectivity index (χ3n) is 4.63. The van der Waals surface area contributed by atoms with E-state index < -0.39 is 28.0 Å². The van der Waals surface area contributed by atoms with Gasteiger partial charge in [-0.15, -0.1) is 11.3 Å². The van der Waals surface area contributed by atoms with E-state index in [1.165, 1.54) is 16.2 Å².